The van der Waals surface area contributed by atoms with Gasteiger partial charge in [-0.25, -0.2) is 0 Å². The summed E-state index contributed by atoms with van der Waals surface area (Å²) in [4.78, 5) is 27.4. The van der Waals surface area contributed by atoms with E-state index in [2.05, 4.69) is 0 Å². The van der Waals surface area contributed by atoms with Crippen LogP contribution in [0.3, 0.4) is 0 Å². The molecule has 0 spiro atoms. The highest BCUT2D eigenvalue weighted by atomic mass is 16.5. The van der Waals surface area contributed by atoms with Crippen molar-refractivity contribution in [3.63, 3.8) is 0 Å². The van der Waals surface area contributed by atoms with Crippen molar-refractivity contribution in [1.82, 2.24) is 0 Å². The van der Waals surface area contributed by atoms with Crippen LogP contribution >= 0.6 is 0 Å². The maximum absolute atomic E-state index is 13.0. The van der Waals surface area contributed by atoms with Crippen LogP contribution in [-0.2, 0) is 9.59 Å². The number of nitrogens with zero attached hydrogens (tertiary/aromatic N) is 1. The summed E-state index contributed by atoms with van der Waals surface area (Å²) in [6.45, 7) is 7.42. The van der Waals surface area contributed by atoms with Crippen molar-refractivity contribution in [3.8, 4) is 5.75 Å². The second-order valence-electron chi connectivity index (χ2n) is 7.42. The highest BCUT2D eigenvalue weighted by Gasteiger charge is 2.45. The van der Waals surface area contributed by atoms with Crippen LogP contribution in [0, 0.1) is 19.8 Å². The molecule has 1 atom stereocenters. The van der Waals surface area contributed by atoms with Crippen molar-refractivity contribution in [3.05, 3.63) is 70.5 Å². The van der Waals surface area contributed by atoms with Gasteiger partial charge in [-0.2, -0.15) is 0 Å². The van der Waals surface area contributed by atoms with Crippen LogP contribution in [0.2, 0.25) is 0 Å². The first-order valence-corrected chi connectivity index (χ1v) is 9.28. The molecule has 28 heavy (non-hydrogen) atoms. The van der Waals surface area contributed by atoms with E-state index in [-0.39, 0.29) is 17.3 Å². The Morgan fingerprint density at radius 2 is 1.75 bits per heavy atom. The van der Waals surface area contributed by atoms with E-state index in [1.54, 1.807) is 33.1 Å². The van der Waals surface area contributed by atoms with Gasteiger partial charge in [0.25, 0.3) is 5.91 Å². The highest BCUT2D eigenvalue weighted by molar-refractivity contribution is 6.17. The molecule has 0 aliphatic carbocycles. The quantitative estimate of drug-likeness (QED) is 0.834. The van der Waals surface area contributed by atoms with Crippen LogP contribution in [0.5, 0.6) is 5.75 Å². The van der Waals surface area contributed by atoms with E-state index in [1.807, 2.05) is 44.2 Å². The molecular weight excluding hydrogens is 354 g/mol. The van der Waals surface area contributed by atoms with Gasteiger partial charge in [0.1, 0.15) is 5.75 Å². The fourth-order valence-corrected chi connectivity index (χ4v) is 3.59. The molecule has 2 aromatic rings. The van der Waals surface area contributed by atoms with Crippen molar-refractivity contribution in [2.75, 3.05) is 12.0 Å². The molecule has 0 fully saturated rings. The van der Waals surface area contributed by atoms with Gasteiger partial charge in [-0.15, -0.1) is 0 Å². The number of Topliss-reactive ketones (excluding diaryl/α,β-unsaturated/α-hetero) is 1. The van der Waals surface area contributed by atoms with E-state index in [0.29, 0.717) is 11.4 Å². The molecule has 0 radical (unpaired) electrons. The lowest BCUT2D eigenvalue weighted by Gasteiger charge is -2.29. The highest BCUT2D eigenvalue weighted by Crippen LogP contribution is 2.43. The number of hydrogen-bond donors (Lipinski definition) is 1. The van der Waals surface area contributed by atoms with Crippen molar-refractivity contribution in [2.24, 2.45) is 5.92 Å². The number of carbonyl (C=O) groups excluding carboxylic acids is 2. The Morgan fingerprint density at radius 1 is 1.11 bits per heavy atom. The standard InChI is InChI=1S/C23H25NO4/c1-13(2)21(25)19-20(16-7-9-17(28-5)10-8-16)24(23(27)22(19)26)18-11-6-14(3)12-15(18)4/h6-13,20,26H,1-5H3. The van der Waals surface area contributed by atoms with Crippen LogP contribution < -0.4 is 9.64 Å². The zero-order valence-corrected chi connectivity index (χ0v) is 16.8. The normalized spacial score (nSPS) is 16.9. The SMILES string of the molecule is COc1ccc(C2C(C(=O)C(C)C)=C(O)C(=O)N2c2ccc(C)cc2C)cc1. The van der Waals surface area contributed by atoms with Gasteiger partial charge >= 0.3 is 0 Å². The number of ether oxygens (including phenoxy) is 1. The number of aliphatic hydroxyl groups excluding tert-OH is 1. The number of rotatable bonds is 5. The summed E-state index contributed by atoms with van der Waals surface area (Å²) >= 11 is 0. The van der Waals surface area contributed by atoms with E-state index in [0.717, 1.165) is 16.7 Å². The maximum Gasteiger partial charge on any atom is 0.294 e. The van der Waals surface area contributed by atoms with Crippen LogP contribution in [0.15, 0.2) is 53.8 Å². The summed E-state index contributed by atoms with van der Waals surface area (Å²) in [5.41, 5.74) is 3.53. The molecular formula is C23H25NO4. The molecule has 0 saturated carbocycles. The minimum atomic E-state index is -0.685. The Bertz CT molecular complexity index is 957. The Morgan fingerprint density at radius 3 is 2.29 bits per heavy atom. The smallest absolute Gasteiger partial charge is 0.294 e. The topological polar surface area (TPSA) is 66.8 Å². The van der Waals surface area contributed by atoms with Gasteiger partial charge in [0.2, 0.25) is 0 Å². The molecule has 5 heteroatoms. The lowest BCUT2D eigenvalue weighted by Crippen LogP contribution is -2.32. The van der Waals surface area contributed by atoms with Gasteiger partial charge in [-0.1, -0.05) is 43.7 Å². The molecule has 146 valence electrons. The second-order valence-corrected chi connectivity index (χ2v) is 7.42. The van der Waals surface area contributed by atoms with Gasteiger partial charge in [0.05, 0.1) is 18.7 Å². The number of methoxy groups -OCH3 is 1. The van der Waals surface area contributed by atoms with Crippen LogP contribution in [0.1, 0.15) is 36.6 Å². The predicted molar refractivity (Wildman–Crippen MR) is 109 cm³/mol. The van der Waals surface area contributed by atoms with Gasteiger partial charge in [-0.05, 0) is 43.2 Å². The van der Waals surface area contributed by atoms with Crippen LogP contribution in [0.4, 0.5) is 5.69 Å². The first-order valence-electron chi connectivity index (χ1n) is 9.28. The Balaban J connectivity index is 2.20. The van der Waals surface area contributed by atoms with Crippen LogP contribution in [-0.4, -0.2) is 23.9 Å². The van der Waals surface area contributed by atoms with Crippen molar-refractivity contribution in [1.29, 1.82) is 0 Å². The molecule has 1 N–H and O–H groups in total. The largest absolute Gasteiger partial charge is 0.503 e. The number of ketones is 1. The predicted octanol–water partition coefficient (Wildman–Crippen LogP) is 4.44. The van der Waals surface area contributed by atoms with Gasteiger partial charge in [0, 0.05) is 11.6 Å². The number of aryl methyl sites for hydroxylation is 2. The lowest BCUT2D eigenvalue weighted by molar-refractivity contribution is -0.119. The zero-order chi connectivity index (χ0) is 20.6. The first-order chi connectivity index (χ1) is 13.3. The van der Waals surface area contributed by atoms with Gasteiger partial charge in [-0.3, -0.25) is 14.5 Å². The Hall–Kier alpha value is -3.08. The summed E-state index contributed by atoms with van der Waals surface area (Å²) in [5, 5.41) is 10.6. The average molecular weight is 379 g/mol. The number of anilines is 1. The number of benzene rings is 2. The van der Waals surface area contributed by atoms with Gasteiger partial charge < -0.3 is 9.84 Å². The van der Waals surface area contributed by atoms with E-state index >= 15 is 0 Å². The molecule has 3 rings (SSSR count). The third kappa shape index (κ3) is 3.28. The van der Waals surface area contributed by atoms with Crippen molar-refractivity contribution >= 4 is 17.4 Å². The second kappa shape index (κ2) is 7.50. The summed E-state index contributed by atoms with van der Waals surface area (Å²) in [6.07, 6.45) is 0. The average Bonchev–Trinajstić information content (AvgIpc) is 2.92. The summed E-state index contributed by atoms with van der Waals surface area (Å²) < 4.78 is 5.22. The van der Waals surface area contributed by atoms with E-state index in [4.69, 9.17) is 4.74 Å². The monoisotopic (exact) mass is 379 g/mol. The minimum absolute atomic E-state index is 0.144. The molecule has 1 amide bonds. The molecule has 0 aromatic heterocycles. The van der Waals surface area contributed by atoms with Crippen molar-refractivity contribution < 1.29 is 19.4 Å². The summed E-state index contributed by atoms with van der Waals surface area (Å²) in [6, 6.07) is 12.3. The lowest BCUT2D eigenvalue weighted by atomic mass is 9.91. The van der Waals surface area contributed by atoms with E-state index in [1.165, 1.54) is 4.90 Å². The molecule has 1 unspecified atom stereocenters. The fourth-order valence-electron chi connectivity index (χ4n) is 3.59. The first kappa shape index (κ1) is 19.7. The third-order valence-electron chi connectivity index (χ3n) is 5.04. The molecule has 0 saturated heterocycles. The summed E-state index contributed by atoms with van der Waals surface area (Å²) in [5.74, 6) is -0.934. The molecule has 1 heterocycles. The number of aliphatic hydroxyl groups is 1. The Labute approximate surface area is 165 Å². The maximum atomic E-state index is 13.0. The van der Waals surface area contributed by atoms with Crippen molar-refractivity contribution in [2.45, 2.75) is 33.7 Å². The summed E-state index contributed by atoms with van der Waals surface area (Å²) in [7, 11) is 1.58. The minimum Gasteiger partial charge on any atom is -0.503 e. The van der Waals surface area contributed by atoms with Gasteiger partial charge in [0.15, 0.2) is 11.5 Å². The van der Waals surface area contributed by atoms with E-state index < -0.39 is 17.7 Å². The Kier molecular flexibility index (Phi) is 5.27. The number of carbonyl (C=O) groups is 2. The fraction of sp³-hybridized carbons (Fsp3) is 0.304. The molecule has 0 bridgehead atoms. The molecule has 5 nitrogen and oxygen atoms in total. The van der Waals surface area contributed by atoms with E-state index in [9.17, 15) is 14.7 Å². The number of amides is 1. The zero-order valence-electron chi connectivity index (χ0n) is 16.8. The third-order valence-corrected chi connectivity index (χ3v) is 5.04. The molecule has 1 aliphatic heterocycles. The van der Waals surface area contributed by atoms with Crippen LogP contribution in [0.25, 0.3) is 0 Å². The number of hydrogen-bond acceptors (Lipinski definition) is 4. The molecule has 1 aliphatic rings. The molecule has 2 aromatic carbocycles.